The Labute approximate surface area is 284 Å². The van der Waals surface area contributed by atoms with Gasteiger partial charge in [-0.15, -0.1) is 0 Å². The fraction of sp³-hybridized carbons (Fsp3) is 0.622. The zero-order valence-corrected chi connectivity index (χ0v) is 29.0. The van der Waals surface area contributed by atoms with E-state index >= 15 is 0 Å². The number of aliphatic carboxylic acids is 1. The number of urea groups is 1. The number of hydrogen-bond acceptors (Lipinski definition) is 4. The maximum atomic E-state index is 13.4. The third kappa shape index (κ3) is 16.8. The van der Waals surface area contributed by atoms with Crippen LogP contribution in [0.25, 0.3) is 0 Å². The van der Waals surface area contributed by atoms with E-state index < -0.39 is 12.1 Å². The number of benzene rings is 2. The number of carbonyl (C=O) groups is 2. The van der Waals surface area contributed by atoms with Crippen molar-refractivity contribution in [3.8, 4) is 0 Å². The zero-order valence-electron chi connectivity index (χ0n) is 29.0. The molecule has 48 heavy (non-hydrogen) atoms. The summed E-state index contributed by atoms with van der Waals surface area (Å²) in [5, 5.41) is 10.4. The van der Waals surface area contributed by atoms with Crippen LogP contribution in [0, 0.1) is 11.7 Å². The average molecular weight is 681 g/mol. The van der Waals surface area contributed by atoms with Gasteiger partial charge in [-0.3, -0.25) is 0 Å². The third-order valence-corrected chi connectivity index (χ3v) is 9.07. The van der Waals surface area contributed by atoms with E-state index in [9.17, 15) is 22.4 Å². The van der Waals surface area contributed by atoms with E-state index in [4.69, 9.17) is 9.90 Å². The van der Waals surface area contributed by atoms with E-state index in [0.717, 1.165) is 56.9 Å². The SMILES string of the molecule is CCN(CC)CC.O=C(NC1CCCCC1)N(CCCN1CCC(Cc2ccccc2)CC1)Cc1ccc(F)cc1.O=C(O)C(F)(F)F. The number of piperidine rings is 1. The second-order valence-electron chi connectivity index (χ2n) is 12.6. The normalized spacial score (nSPS) is 15.9. The van der Waals surface area contributed by atoms with Gasteiger partial charge in [-0.25, -0.2) is 14.0 Å². The summed E-state index contributed by atoms with van der Waals surface area (Å²) in [6.45, 7) is 14.7. The van der Waals surface area contributed by atoms with E-state index in [0.29, 0.717) is 12.6 Å². The van der Waals surface area contributed by atoms with Crippen molar-refractivity contribution in [3.05, 3.63) is 71.5 Å². The number of carboxylic acid groups (broad SMARTS) is 1. The molecule has 2 amide bonds. The number of likely N-dealkylation sites (tertiary alicyclic amines) is 1. The number of alkyl halides is 3. The highest BCUT2D eigenvalue weighted by molar-refractivity contribution is 5.74. The van der Waals surface area contributed by atoms with Crippen molar-refractivity contribution >= 4 is 12.0 Å². The molecule has 0 spiro atoms. The van der Waals surface area contributed by atoms with Gasteiger partial charge in [0.05, 0.1) is 0 Å². The van der Waals surface area contributed by atoms with Crippen LogP contribution in [0.1, 0.15) is 83.3 Å². The van der Waals surface area contributed by atoms with Crippen LogP contribution in [-0.2, 0) is 17.8 Å². The minimum absolute atomic E-state index is 0.0257. The highest BCUT2D eigenvalue weighted by Gasteiger charge is 2.38. The van der Waals surface area contributed by atoms with Gasteiger partial charge in [-0.05, 0) is 107 Å². The first-order chi connectivity index (χ1) is 22.9. The van der Waals surface area contributed by atoms with Gasteiger partial charge in [0.2, 0.25) is 0 Å². The Balaban J connectivity index is 0.000000479. The Bertz CT molecular complexity index is 1140. The Kier molecular flexibility index (Phi) is 19.2. The van der Waals surface area contributed by atoms with Crippen molar-refractivity contribution < 1.29 is 32.3 Å². The predicted octanol–water partition coefficient (Wildman–Crippen LogP) is 8.00. The van der Waals surface area contributed by atoms with Crippen molar-refractivity contribution in [3.63, 3.8) is 0 Å². The predicted molar refractivity (Wildman–Crippen MR) is 183 cm³/mol. The zero-order chi connectivity index (χ0) is 35.4. The number of rotatable bonds is 12. The fourth-order valence-electron chi connectivity index (χ4n) is 6.09. The van der Waals surface area contributed by atoms with Crippen LogP contribution in [0.2, 0.25) is 0 Å². The Morgan fingerprint density at radius 1 is 0.854 bits per heavy atom. The minimum Gasteiger partial charge on any atom is -0.475 e. The van der Waals surface area contributed by atoms with Gasteiger partial charge in [-0.1, -0.05) is 82.5 Å². The molecule has 1 saturated heterocycles. The Morgan fingerprint density at radius 3 is 1.92 bits per heavy atom. The van der Waals surface area contributed by atoms with Crippen LogP contribution >= 0.6 is 0 Å². The van der Waals surface area contributed by atoms with Gasteiger partial charge >= 0.3 is 18.2 Å². The van der Waals surface area contributed by atoms with Gasteiger partial charge in [-0.2, -0.15) is 13.2 Å². The van der Waals surface area contributed by atoms with Gasteiger partial charge in [0.1, 0.15) is 5.82 Å². The second-order valence-corrected chi connectivity index (χ2v) is 12.6. The molecule has 2 N–H and O–H groups in total. The number of amides is 2. The molecule has 0 aromatic heterocycles. The number of carboxylic acids is 1. The molecule has 4 rings (SSSR count). The molecule has 2 aliphatic rings. The van der Waals surface area contributed by atoms with E-state index in [1.807, 2.05) is 4.90 Å². The first-order valence-corrected chi connectivity index (χ1v) is 17.5. The number of hydrogen-bond donors (Lipinski definition) is 2. The first kappa shape index (κ1) is 41.0. The summed E-state index contributed by atoms with van der Waals surface area (Å²) in [6, 6.07) is 17.7. The lowest BCUT2D eigenvalue weighted by Gasteiger charge is -2.33. The smallest absolute Gasteiger partial charge is 0.475 e. The minimum atomic E-state index is -5.08. The van der Waals surface area contributed by atoms with Crippen LogP contribution < -0.4 is 5.32 Å². The molecule has 2 aromatic rings. The van der Waals surface area contributed by atoms with Crippen LogP contribution in [0.15, 0.2) is 54.6 Å². The molecule has 0 radical (unpaired) electrons. The quantitative estimate of drug-likeness (QED) is 0.222. The van der Waals surface area contributed by atoms with Crippen LogP contribution in [0.4, 0.5) is 22.4 Å². The molecule has 1 aliphatic heterocycles. The summed E-state index contributed by atoms with van der Waals surface area (Å²) in [5.41, 5.74) is 2.42. The van der Waals surface area contributed by atoms with E-state index in [2.05, 4.69) is 66.2 Å². The van der Waals surface area contributed by atoms with Crippen molar-refractivity contribution in [2.24, 2.45) is 5.92 Å². The summed E-state index contributed by atoms with van der Waals surface area (Å²) in [4.78, 5) is 28.9. The molecule has 1 saturated carbocycles. The standard InChI is InChI=1S/C29H40FN3O.C6H15N.C2HF3O2/c30-27-14-12-26(13-15-27)23-33(29(34)31-28-10-5-2-6-11-28)19-7-18-32-20-16-25(17-21-32)22-24-8-3-1-4-9-24;1-4-7(5-2)6-3;3-2(4,5)1(6)7/h1,3-4,8-9,12-15,25,28H,2,5-7,10-11,16-23H2,(H,31,34);4-6H2,1-3H3;(H,6,7). The lowest BCUT2D eigenvalue weighted by atomic mass is 9.90. The Hall–Kier alpha value is -3.18. The molecule has 0 bridgehead atoms. The largest absolute Gasteiger partial charge is 0.490 e. The maximum Gasteiger partial charge on any atom is 0.490 e. The van der Waals surface area contributed by atoms with E-state index in [1.54, 1.807) is 12.1 Å². The number of halogens is 4. The molecule has 1 heterocycles. The molecular weight excluding hydrogens is 624 g/mol. The highest BCUT2D eigenvalue weighted by atomic mass is 19.4. The molecular formula is C37H56F4N4O3. The maximum absolute atomic E-state index is 13.4. The van der Waals surface area contributed by atoms with Crippen molar-refractivity contribution in [1.82, 2.24) is 20.0 Å². The lowest BCUT2D eigenvalue weighted by Crippen LogP contribution is -2.46. The van der Waals surface area contributed by atoms with E-state index in [1.165, 1.54) is 75.9 Å². The molecule has 7 nitrogen and oxygen atoms in total. The molecule has 2 fully saturated rings. The van der Waals surface area contributed by atoms with Gasteiger partial charge in [0.15, 0.2) is 0 Å². The molecule has 2 aromatic carbocycles. The average Bonchev–Trinajstić information content (AvgIpc) is 3.08. The van der Waals surface area contributed by atoms with Crippen molar-refractivity contribution in [2.75, 3.05) is 45.8 Å². The first-order valence-electron chi connectivity index (χ1n) is 17.5. The highest BCUT2D eigenvalue weighted by Crippen LogP contribution is 2.22. The topological polar surface area (TPSA) is 76.1 Å². The molecule has 0 unspecified atom stereocenters. The number of nitrogens with one attached hydrogen (secondary N) is 1. The Morgan fingerprint density at radius 2 is 1.42 bits per heavy atom. The molecule has 11 heteroatoms. The summed E-state index contributed by atoms with van der Waals surface area (Å²) in [5.74, 6) is -2.22. The summed E-state index contributed by atoms with van der Waals surface area (Å²) in [6.07, 6.45) is 5.37. The lowest BCUT2D eigenvalue weighted by molar-refractivity contribution is -0.192. The fourth-order valence-corrected chi connectivity index (χ4v) is 6.09. The number of nitrogens with zero attached hydrogens (tertiary/aromatic N) is 3. The monoisotopic (exact) mass is 680 g/mol. The second kappa shape index (κ2) is 22.5. The van der Waals surface area contributed by atoms with Gasteiger partial charge < -0.3 is 25.1 Å². The summed E-state index contributed by atoms with van der Waals surface area (Å²) >= 11 is 0. The van der Waals surface area contributed by atoms with Crippen LogP contribution in [0.3, 0.4) is 0 Å². The van der Waals surface area contributed by atoms with Crippen molar-refractivity contribution in [2.45, 2.75) is 97.3 Å². The molecule has 1 aliphatic carbocycles. The summed E-state index contributed by atoms with van der Waals surface area (Å²) in [7, 11) is 0. The summed E-state index contributed by atoms with van der Waals surface area (Å²) < 4.78 is 45.1. The van der Waals surface area contributed by atoms with Gasteiger partial charge in [0, 0.05) is 19.1 Å². The molecule has 270 valence electrons. The van der Waals surface area contributed by atoms with Crippen molar-refractivity contribution in [1.29, 1.82) is 0 Å². The van der Waals surface area contributed by atoms with Crippen LogP contribution in [-0.4, -0.2) is 89.8 Å². The van der Waals surface area contributed by atoms with E-state index in [-0.39, 0.29) is 11.8 Å². The third-order valence-electron chi connectivity index (χ3n) is 9.07. The van der Waals surface area contributed by atoms with Crippen LogP contribution in [0.5, 0.6) is 0 Å². The molecule has 0 atom stereocenters. The van der Waals surface area contributed by atoms with Gasteiger partial charge in [0.25, 0.3) is 0 Å². The number of carbonyl (C=O) groups excluding carboxylic acids is 1.